The largest absolute Gasteiger partial charge is 0.518 e. The molecule has 68 valence electrons. The van der Waals surface area contributed by atoms with Crippen LogP contribution in [-0.2, 0) is 9.47 Å². The molecule has 0 aliphatic heterocycles. The summed E-state index contributed by atoms with van der Waals surface area (Å²) >= 11 is 0. The fraction of sp³-hybridized carbons (Fsp3) is 0.286. The summed E-state index contributed by atoms with van der Waals surface area (Å²) in [6, 6.07) is 0. The summed E-state index contributed by atoms with van der Waals surface area (Å²) < 4.78 is 31.5. The molecule has 0 unspecified atom stereocenters. The summed E-state index contributed by atoms with van der Waals surface area (Å²) in [5.74, 6) is -0.793. The van der Waals surface area contributed by atoms with E-state index in [4.69, 9.17) is 0 Å². The molecular weight excluding hydrogens is 170 g/mol. The van der Waals surface area contributed by atoms with Gasteiger partial charge in [0.15, 0.2) is 0 Å². The number of hydrogen-bond acceptors (Lipinski definition) is 3. The lowest BCUT2D eigenvalue weighted by molar-refractivity contribution is 0.0936. The lowest BCUT2D eigenvalue weighted by Crippen LogP contribution is -2.07. The average molecular weight is 178 g/mol. The molecule has 0 N–H and O–H groups in total. The van der Waals surface area contributed by atoms with Crippen molar-refractivity contribution >= 4 is 6.16 Å². The van der Waals surface area contributed by atoms with Crippen LogP contribution in [0.15, 0.2) is 24.7 Å². The molecule has 5 heteroatoms. The number of hydrogen-bond donors (Lipinski definition) is 0. The number of ether oxygens (including phenoxy) is 2. The van der Waals surface area contributed by atoms with Crippen molar-refractivity contribution in [2.24, 2.45) is 0 Å². The molecule has 0 saturated carbocycles. The number of allylic oxidation sites excluding steroid dienone is 2. The number of carbonyl (C=O) groups is 1. The van der Waals surface area contributed by atoms with Crippen molar-refractivity contribution in [3.63, 3.8) is 0 Å². The Balaban J connectivity index is 3.74. The van der Waals surface area contributed by atoms with Crippen molar-refractivity contribution in [1.82, 2.24) is 0 Å². The SMILES string of the molecule is C=C(CF)OC(=O)OC(=C)CF. The number of halogens is 2. The first-order valence-electron chi connectivity index (χ1n) is 2.97. The zero-order valence-corrected chi connectivity index (χ0v) is 6.31. The number of carbonyl (C=O) groups excluding carboxylic acids is 1. The highest BCUT2D eigenvalue weighted by Gasteiger charge is 2.08. The minimum Gasteiger partial charge on any atom is -0.397 e. The zero-order chi connectivity index (χ0) is 9.56. The van der Waals surface area contributed by atoms with Crippen LogP contribution in [0.4, 0.5) is 13.6 Å². The molecule has 0 aromatic carbocycles. The Labute approximate surface area is 68.3 Å². The van der Waals surface area contributed by atoms with Crippen LogP contribution >= 0.6 is 0 Å². The summed E-state index contributed by atoms with van der Waals surface area (Å²) in [4.78, 5) is 10.5. The van der Waals surface area contributed by atoms with Crippen LogP contribution in [0.25, 0.3) is 0 Å². The van der Waals surface area contributed by atoms with E-state index >= 15 is 0 Å². The fourth-order valence-electron chi connectivity index (χ4n) is 0.311. The highest BCUT2D eigenvalue weighted by atomic mass is 19.1. The van der Waals surface area contributed by atoms with E-state index in [1.807, 2.05) is 0 Å². The van der Waals surface area contributed by atoms with E-state index in [0.717, 1.165) is 0 Å². The molecule has 0 amide bonds. The molecule has 0 atom stereocenters. The van der Waals surface area contributed by atoms with Gasteiger partial charge in [0.25, 0.3) is 0 Å². The van der Waals surface area contributed by atoms with Crippen molar-refractivity contribution in [2.45, 2.75) is 0 Å². The van der Waals surface area contributed by atoms with Gasteiger partial charge in [0.1, 0.15) is 24.9 Å². The van der Waals surface area contributed by atoms with Crippen LogP contribution < -0.4 is 0 Å². The van der Waals surface area contributed by atoms with Gasteiger partial charge in [-0.3, -0.25) is 0 Å². The first-order chi connectivity index (χ1) is 5.60. The van der Waals surface area contributed by atoms with Gasteiger partial charge < -0.3 is 9.47 Å². The average Bonchev–Trinajstić information content (AvgIpc) is 2.03. The quantitative estimate of drug-likeness (QED) is 0.488. The normalized spacial score (nSPS) is 8.83. The molecular formula is C7H8F2O3. The van der Waals surface area contributed by atoms with E-state index < -0.39 is 31.0 Å². The highest BCUT2D eigenvalue weighted by Crippen LogP contribution is 2.01. The maximum Gasteiger partial charge on any atom is 0.518 e. The van der Waals surface area contributed by atoms with Gasteiger partial charge in [-0.05, 0) is 0 Å². The predicted octanol–water partition coefficient (Wildman–Crippen LogP) is 2.11. The number of alkyl halides is 2. The molecule has 0 aromatic heterocycles. The van der Waals surface area contributed by atoms with Crippen molar-refractivity contribution in [2.75, 3.05) is 13.3 Å². The van der Waals surface area contributed by atoms with E-state index in [0.29, 0.717) is 0 Å². The van der Waals surface area contributed by atoms with Crippen LogP contribution in [0.5, 0.6) is 0 Å². The van der Waals surface area contributed by atoms with Crippen molar-refractivity contribution in [1.29, 1.82) is 0 Å². The highest BCUT2D eigenvalue weighted by molar-refractivity contribution is 5.62. The second-order valence-electron chi connectivity index (χ2n) is 1.80. The zero-order valence-electron chi connectivity index (χ0n) is 6.31. The van der Waals surface area contributed by atoms with E-state index in [2.05, 4.69) is 22.6 Å². The first kappa shape index (κ1) is 10.6. The Morgan fingerprint density at radius 2 is 1.42 bits per heavy atom. The summed E-state index contributed by atoms with van der Waals surface area (Å²) in [7, 11) is 0. The molecule has 0 aromatic rings. The van der Waals surface area contributed by atoms with Gasteiger partial charge in [-0.15, -0.1) is 0 Å². The lowest BCUT2D eigenvalue weighted by atomic mass is 10.6. The van der Waals surface area contributed by atoms with Crippen molar-refractivity contribution < 1.29 is 23.0 Å². The van der Waals surface area contributed by atoms with E-state index in [-0.39, 0.29) is 0 Å². The fourth-order valence-corrected chi connectivity index (χ4v) is 0.311. The topological polar surface area (TPSA) is 35.5 Å². The monoisotopic (exact) mass is 178 g/mol. The second-order valence-corrected chi connectivity index (χ2v) is 1.80. The smallest absolute Gasteiger partial charge is 0.397 e. The maximum atomic E-state index is 11.6. The lowest BCUT2D eigenvalue weighted by Gasteiger charge is -2.04. The minimum absolute atomic E-state index is 0.397. The summed E-state index contributed by atoms with van der Waals surface area (Å²) in [5.41, 5.74) is 0. The summed E-state index contributed by atoms with van der Waals surface area (Å²) in [6.45, 7) is 4.04. The third-order valence-corrected chi connectivity index (χ3v) is 0.753. The third-order valence-electron chi connectivity index (χ3n) is 0.753. The van der Waals surface area contributed by atoms with Crippen LogP contribution in [0.3, 0.4) is 0 Å². The Hall–Kier alpha value is -1.39. The van der Waals surface area contributed by atoms with Crippen LogP contribution in [0, 0.1) is 0 Å². The molecule has 0 saturated heterocycles. The molecule has 0 radical (unpaired) electrons. The predicted molar refractivity (Wildman–Crippen MR) is 37.8 cm³/mol. The summed E-state index contributed by atoms with van der Waals surface area (Å²) in [6.07, 6.45) is -1.24. The van der Waals surface area contributed by atoms with Crippen LogP contribution in [0.2, 0.25) is 0 Å². The van der Waals surface area contributed by atoms with Crippen molar-refractivity contribution in [3.8, 4) is 0 Å². The Kier molecular flexibility index (Phi) is 4.67. The number of rotatable bonds is 4. The van der Waals surface area contributed by atoms with E-state index in [1.54, 1.807) is 0 Å². The van der Waals surface area contributed by atoms with Crippen LogP contribution in [0.1, 0.15) is 0 Å². The second kappa shape index (κ2) is 5.29. The van der Waals surface area contributed by atoms with Gasteiger partial charge in [-0.1, -0.05) is 13.2 Å². The van der Waals surface area contributed by atoms with E-state index in [1.165, 1.54) is 0 Å². The van der Waals surface area contributed by atoms with Gasteiger partial charge in [-0.25, -0.2) is 13.6 Å². The standard InChI is InChI=1S/C7H8F2O3/c1-5(3-8)11-7(10)12-6(2)4-9/h1-4H2. The Bertz CT molecular complexity index is 181. The molecule has 0 rings (SSSR count). The molecule has 0 aliphatic rings. The molecule has 0 heterocycles. The third kappa shape index (κ3) is 4.43. The Morgan fingerprint density at radius 3 is 1.67 bits per heavy atom. The maximum absolute atomic E-state index is 11.6. The summed E-state index contributed by atoms with van der Waals surface area (Å²) in [5, 5.41) is 0. The Morgan fingerprint density at radius 1 is 1.08 bits per heavy atom. The molecule has 0 aliphatic carbocycles. The van der Waals surface area contributed by atoms with Gasteiger partial charge in [0.05, 0.1) is 0 Å². The van der Waals surface area contributed by atoms with Gasteiger partial charge in [0.2, 0.25) is 0 Å². The van der Waals surface area contributed by atoms with Crippen molar-refractivity contribution in [3.05, 3.63) is 24.7 Å². The molecule has 0 bridgehead atoms. The van der Waals surface area contributed by atoms with Gasteiger partial charge in [-0.2, -0.15) is 0 Å². The molecule has 3 nitrogen and oxygen atoms in total. The molecule has 0 spiro atoms. The van der Waals surface area contributed by atoms with Gasteiger partial charge >= 0.3 is 6.16 Å². The van der Waals surface area contributed by atoms with Gasteiger partial charge in [0, 0.05) is 0 Å². The molecule has 0 fully saturated rings. The van der Waals surface area contributed by atoms with Crippen LogP contribution in [-0.4, -0.2) is 19.5 Å². The molecule has 12 heavy (non-hydrogen) atoms. The minimum atomic E-state index is -1.24. The first-order valence-corrected chi connectivity index (χ1v) is 2.97. The van der Waals surface area contributed by atoms with E-state index in [9.17, 15) is 13.6 Å².